The zero-order valence-corrected chi connectivity index (χ0v) is 15.4. The van der Waals surface area contributed by atoms with Crippen LogP contribution < -0.4 is 0 Å². The molecule has 2 saturated heterocycles. The van der Waals surface area contributed by atoms with Gasteiger partial charge in [0.05, 0.1) is 32.0 Å². The van der Waals surface area contributed by atoms with Crippen LogP contribution in [0.5, 0.6) is 0 Å². The van der Waals surface area contributed by atoms with Crippen molar-refractivity contribution in [3.05, 3.63) is 41.6 Å². The highest BCUT2D eigenvalue weighted by molar-refractivity contribution is 6.35. The molecule has 0 aliphatic carbocycles. The van der Waals surface area contributed by atoms with Crippen LogP contribution in [-0.4, -0.2) is 92.2 Å². The van der Waals surface area contributed by atoms with E-state index in [-0.39, 0.29) is 11.8 Å². The summed E-state index contributed by atoms with van der Waals surface area (Å²) in [6.45, 7) is 6.56. The fourth-order valence-corrected chi connectivity index (χ4v) is 3.78. The molecule has 1 aromatic rings. The van der Waals surface area contributed by atoms with Crippen LogP contribution in [0.1, 0.15) is 5.56 Å². The minimum Gasteiger partial charge on any atom is -0.379 e. The van der Waals surface area contributed by atoms with Crippen molar-refractivity contribution < 1.29 is 19.1 Å². The Labute approximate surface area is 159 Å². The number of rotatable bonds is 5. The molecular weight excluding hydrogens is 346 g/mol. The molecule has 0 bridgehead atoms. The Morgan fingerprint density at radius 1 is 0.778 bits per heavy atom. The molecule has 3 aliphatic heterocycles. The van der Waals surface area contributed by atoms with Gasteiger partial charge in [-0.05, 0) is 5.56 Å². The van der Waals surface area contributed by atoms with Gasteiger partial charge in [-0.15, -0.1) is 0 Å². The second kappa shape index (κ2) is 8.21. The lowest BCUT2D eigenvalue weighted by molar-refractivity contribution is -0.138. The Morgan fingerprint density at radius 3 is 2.07 bits per heavy atom. The van der Waals surface area contributed by atoms with Gasteiger partial charge in [-0.3, -0.25) is 19.4 Å². The first-order valence-corrected chi connectivity index (χ1v) is 9.54. The Hall–Kier alpha value is -2.22. The molecule has 0 spiro atoms. The van der Waals surface area contributed by atoms with Crippen LogP contribution in [0, 0.1) is 0 Å². The van der Waals surface area contributed by atoms with E-state index >= 15 is 0 Å². The number of imide groups is 1. The third-order valence-corrected chi connectivity index (χ3v) is 5.28. The summed E-state index contributed by atoms with van der Waals surface area (Å²) in [5.74, 6) is -0.380. The fourth-order valence-electron chi connectivity index (χ4n) is 3.78. The van der Waals surface area contributed by atoms with Gasteiger partial charge < -0.3 is 14.4 Å². The number of ether oxygens (including phenoxy) is 2. The van der Waals surface area contributed by atoms with Crippen molar-refractivity contribution in [3.63, 3.8) is 0 Å². The van der Waals surface area contributed by atoms with E-state index in [1.165, 1.54) is 4.90 Å². The van der Waals surface area contributed by atoms with Crippen molar-refractivity contribution in [2.45, 2.75) is 0 Å². The fraction of sp³-hybridized carbons (Fsp3) is 0.500. The van der Waals surface area contributed by atoms with Crippen LogP contribution in [0.25, 0.3) is 5.57 Å². The predicted molar refractivity (Wildman–Crippen MR) is 99.7 cm³/mol. The molecule has 7 nitrogen and oxygen atoms in total. The van der Waals surface area contributed by atoms with Crippen LogP contribution in [0.4, 0.5) is 0 Å². The normalized spacial score (nSPS) is 22.1. The lowest BCUT2D eigenvalue weighted by Crippen LogP contribution is -2.44. The maximum absolute atomic E-state index is 13.2. The molecule has 0 radical (unpaired) electrons. The third-order valence-electron chi connectivity index (χ3n) is 5.28. The molecule has 3 heterocycles. The van der Waals surface area contributed by atoms with Gasteiger partial charge in [-0.1, -0.05) is 30.3 Å². The van der Waals surface area contributed by atoms with Crippen LogP contribution >= 0.6 is 0 Å². The lowest BCUT2D eigenvalue weighted by Gasteiger charge is -2.30. The van der Waals surface area contributed by atoms with Crippen molar-refractivity contribution in [3.8, 4) is 0 Å². The number of carbonyl (C=O) groups excluding carboxylic acids is 2. The summed E-state index contributed by atoms with van der Waals surface area (Å²) in [6, 6.07) is 9.50. The number of hydrogen-bond donors (Lipinski definition) is 0. The Balaban J connectivity index is 1.58. The molecular formula is C20H25N3O4. The van der Waals surface area contributed by atoms with Crippen molar-refractivity contribution in [2.75, 3.05) is 65.7 Å². The van der Waals surface area contributed by atoms with Gasteiger partial charge in [0.25, 0.3) is 11.8 Å². The summed E-state index contributed by atoms with van der Waals surface area (Å²) >= 11 is 0. The molecule has 0 unspecified atom stereocenters. The van der Waals surface area contributed by atoms with Crippen LogP contribution in [-0.2, 0) is 19.1 Å². The van der Waals surface area contributed by atoms with E-state index < -0.39 is 0 Å². The Morgan fingerprint density at radius 2 is 1.41 bits per heavy atom. The van der Waals surface area contributed by atoms with Gasteiger partial charge in [0.1, 0.15) is 5.70 Å². The monoisotopic (exact) mass is 371 g/mol. The molecule has 27 heavy (non-hydrogen) atoms. The lowest BCUT2D eigenvalue weighted by atomic mass is 10.0. The van der Waals surface area contributed by atoms with Gasteiger partial charge in [-0.25, -0.2) is 0 Å². The highest BCUT2D eigenvalue weighted by atomic mass is 16.5. The minimum atomic E-state index is -0.194. The molecule has 3 aliphatic rings. The summed E-state index contributed by atoms with van der Waals surface area (Å²) in [7, 11) is 0. The van der Waals surface area contributed by atoms with Gasteiger partial charge in [-0.2, -0.15) is 0 Å². The van der Waals surface area contributed by atoms with Crippen molar-refractivity contribution >= 4 is 17.4 Å². The number of nitrogens with zero attached hydrogens (tertiary/aromatic N) is 3. The molecule has 2 fully saturated rings. The van der Waals surface area contributed by atoms with E-state index in [0.717, 1.165) is 18.7 Å². The van der Waals surface area contributed by atoms with Crippen molar-refractivity contribution in [1.82, 2.24) is 14.7 Å². The topological polar surface area (TPSA) is 62.3 Å². The number of morpholine rings is 2. The predicted octanol–water partition coefficient (Wildman–Crippen LogP) is 0.431. The van der Waals surface area contributed by atoms with Gasteiger partial charge in [0.2, 0.25) is 0 Å². The zero-order chi connectivity index (χ0) is 18.6. The van der Waals surface area contributed by atoms with Crippen LogP contribution in [0.15, 0.2) is 36.0 Å². The Kier molecular flexibility index (Phi) is 5.52. The first-order chi connectivity index (χ1) is 13.3. The van der Waals surface area contributed by atoms with E-state index in [1.807, 2.05) is 35.2 Å². The summed E-state index contributed by atoms with van der Waals surface area (Å²) in [5.41, 5.74) is 1.84. The quantitative estimate of drug-likeness (QED) is 0.700. The average molecular weight is 371 g/mol. The number of amides is 2. The molecule has 144 valence electrons. The maximum Gasteiger partial charge on any atom is 0.277 e. The van der Waals surface area contributed by atoms with Gasteiger partial charge in [0.15, 0.2) is 0 Å². The summed E-state index contributed by atoms with van der Waals surface area (Å²) in [5, 5.41) is 0. The second-order valence-electron chi connectivity index (χ2n) is 6.91. The molecule has 0 N–H and O–H groups in total. The van der Waals surface area contributed by atoms with Crippen LogP contribution in [0.3, 0.4) is 0 Å². The van der Waals surface area contributed by atoms with E-state index in [0.29, 0.717) is 63.9 Å². The van der Waals surface area contributed by atoms with E-state index in [2.05, 4.69) is 4.90 Å². The average Bonchev–Trinajstić information content (AvgIpc) is 2.98. The van der Waals surface area contributed by atoms with E-state index in [9.17, 15) is 9.59 Å². The first kappa shape index (κ1) is 18.2. The van der Waals surface area contributed by atoms with Gasteiger partial charge >= 0.3 is 0 Å². The second-order valence-corrected chi connectivity index (χ2v) is 6.91. The van der Waals surface area contributed by atoms with Crippen LogP contribution in [0.2, 0.25) is 0 Å². The Bertz CT molecular complexity index is 722. The first-order valence-electron chi connectivity index (χ1n) is 9.54. The minimum absolute atomic E-state index is 0.186. The SMILES string of the molecule is O=C1C(c2ccccc2)=C(N2CCOCC2)C(=O)N1CCN1CCOCC1. The molecule has 0 atom stereocenters. The largest absolute Gasteiger partial charge is 0.379 e. The number of carbonyl (C=O) groups is 2. The summed E-state index contributed by atoms with van der Waals surface area (Å²) in [6.07, 6.45) is 0. The highest BCUT2D eigenvalue weighted by Crippen LogP contribution is 2.31. The maximum atomic E-state index is 13.2. The van der Waals surface area contributed by atoms with Crippen molar-refractivity contribution in [1.29, 1.82) is 0 Å². The van der Waals surface area contributed by atoms with Crippen molar-refractivity contribution in [2.24, 2.45) is 0 Å². The third kappa shape index (κ3) is 3.76. The molecule has 0 saturated carbocycles. The molecule has 1 aromatic carbocycles. The number of benzene rings is 1. The molecule has 7 heteroatoms. The molecule has 2 amide bonds. The highest BCUT2D eigenvalue weighted by Gasteiger charge is 2.41. The summed E-state index contributed by atoms with van der Waals surface area (Å²) in [4.78, 5) is 32.0. The molecule has 0 aromatic heterocycles. The number of hydrogen-bond acceptors (Lipinski definition) is 6. The standard InChI is InChI=1S/C20H25N3O4/c24-19-17(16-4-2-1-3-5-16)18(22-10-14-27-15-11-22)20(25)23(19)7-6-21-8-12-26-13-9-21/h1-5H,6-15H2. The summed E-state index contributed by atoms with van der Waals surface area (Å²) < 4.78 is 10.8. The van der Waals surface area contributed by atoms with E-state index in [4.69, 9.17) is 9.47 Å². The van der Waals surface area contributed by atoms with E-state index in [1.54, 1.807) is 0 Å². The van der Waals surface area contributed by atoms with Gasteiger partial charge in [0, 0.05) is 39.3 Å². The smallest absolute Gasteiger partial charge is 0.277 e. The zero-order valence-electron chi connectivity index (χ0n) is 15.4. The molecule has 4 rings (SSSR count).